The molecule has 1 N–H and O–H groups in total. The number of piperidine rings is 1. The van der Waals surface area contributed by atoms with E-state index in [1.54, 1.807) is 11.3 Å². The number of aromatic nitrogens is 1. The van der Waals surface area contributed by atoms with Crippen LogP contribution in [0.3, 0.4) is 0 Å². The summed E-state index contributed by atoms with van der Waals surface area (Å²) in [5.74, 6) is 0.433. The van der Waals surface area contributed by atoms with Crippen molar-refractivity contribution >= 4 is 37.5 Å². The van der Waals surface area contributed by atoms with Crippen LogP contribution in [0.5, 0.6) is 0 Å². The summed E-state index contributed by atoms with van der Waals surface area (Å²) in [5, 5.41) is 4.18. The lowest BCUT2D eigenvalue weighted by atomic mass is 9.82. The highest BCUT2D eigenvalue weighted by Crippen LogP contribution is 2.38. The largest absolute Gasteiger partial charge is 0.356 e. The average molecular weight is 434 g/mol. The molecule has 0 saturated carbocycles. The lowest BCUT2D eigenvalue weighted by molar-refractivity contribution is -0.126. The van der Waals surface area contributed by atoms with E-state index in [0.29, 0.717) is 25.6 Å². The minimum Gasteiger partial charge on any atom is -0.356 e. The summed E-state index contributed by atoms with van der Waals surface area (Å²) in [7, 11) is -3.11. The van der Waals surface area contributed by atoms with Crippen LogP contribution >= 0.6 is 11.3 Å². The maximum Gasteiger partial charge on any atom is 0.224 e. The van der Waals surface area contributed by atoms with Gasteiger partial charge in [-0.3, -0.25) is 4.79 Å². The third-order valence-corrected chi connectivity index (χ3v) is 8.48. The van der Waals surface area contributed by atoms with E-state index in [4.69, 9.17) is 4.98 Å². The van der Waals surface area contributed by atoms with Gasteiger partial charge in [-0.25, -0.2) is 17.7 Å². The molecule has 0 bridgehead atoms. The van der Waals surface area contributed by atoms with Gasteiger partial charge in [-0.05, 0) is 43.7 Å². The van der Waals surface area contributed by atoms with Crippen molar-refractivity contribution in [3.8, 4) is 0 Å². The minimum absolute atomic E-state index is 0.0872. The standard InChI is InChI=1S/C21H27N3O3S2/c1-29(26,27)24-12-10-15(11-13-24)14-22-20(25)16-6-2-3-7-17(16)21-23-18-8-4-5-9-19(18)28-21/h2-5,8-9,15-17H,6-7,10-14H2,1H3,(H,22,25). The van der Waals surface area contributed by atoms with Gasteiger partial charge in [-0.1, -0.05) is 24.3 Å². The van der Waals surface area contributed by atoms with E-state index in [-0.39, 0.29) is 17.7 Å². The molecule has 2 aromatic rings. The predicted octanol–water partition coefficient (Wildman–Crippen LogP) is 3.13. The first-order chi connectivity index (χ1) is 13.9. The van der Waals surface area contributed by atoms with Gasteiger partial charge in [-0.2, -0.15) is 0 Å². The number of fused-ring (bicyclic) bond motifs is 1. The van der Waals surface area contributed by atoms with Gasteiger partial charge in [0.05, 0.1) is 27.4 Å². The van der Waals surface area contributed by atoms with Gasteiger partial charge in [0.25, 0.3) is 0 Å². The van der Waals surface area contributed by atoms with Crippen LogP contribution in [0, 0.1) is 11.8 Å². The number of carbonyl (C=O) groups is 1. The second kappa shape index (κ2) is 8.53. The number of amides is 1. The lowest BCUT2D eigenvalue weighted by Gasteiger charge is -2.31. The first-order valence-electron chi connectivity index (χ1n) is 10.1. The quantitative estimate of drug-likeness (QED) is 0.735. The van der Waals surface area contributed by atoms with Gasteiger partial charge in [0.2, 0.25) is 15.9 Å². The average Bonchev–Trinajstić information content (AvgIpc) is 3.16. The third-order valence-electron chi connectivity index (χ3n) is 6.00. The number of sulfonamides is 1. The Morgan fingerprint density at radius 1 is 1.21 bits per heavy atom. The molecule has 0 radical (unpaired) electrons. The number of hydrogen-bond acceptors (Lipinski definition) is 5. The Kier molecular flexibility index (Phi) is 6.03. The van der Waals surface area contributed by atoms with Crippen molar-refractivity contribution in [3.05, 3.63) is 41.4 Å². The van der Waals surface area contributed by atoms with Crippen molar-refractivity contribution in [3.63, 3.8) is 0 Å². The summed E-state index contributed by atoms with van der Waals surface area (Å²) in [6.07, 6.45) is 8.66. The Morgan fingerprint density at radius 2 is 1.93 bits per heavy atom. The van der Waals surface area contributed by atoms with Crippen molar-refractivity contribution in [1.29, 1.82) is 0 Å². The van der Waals surface area contributed by atoms with Crippen LogP contribution < -0.4 is 5.32 Å². The molecule has 1 saturated heterocycles. The van der Waals surface area contributed by atoms with Crippen LogP contribution in [0.1, 0.15) is 36.6 Å². The molecular formula is C21H27N3O3S2. The third kappa shape index (κ3) is 4.70. The zero-order valence-corrected chi connectivity index (χ0v) is 18.2. The molecule has 2 aliphatic rings. The van der Waals surface area contributed by atoms with Crippen LogP contribution in [0.4, 0.5) is 0 Å². The zero-order chi connectivity index (χ0) is 20.4. The molecule has 2 unspecified atom stereocenters. The number of nitrogens with zero attached hydrogens (tertiary/aromatic N) is 2. The predicted molar refractivity (Wildman–Crippen MR) is 116 cm³/mol. The molecule has 1 aliphatic carbocycles. The van der Waals surface area contributed by atoms with Gasteiger partial charge in [0.15, 0.2) is 0 Å². The molecule has 1 fully saturated rings. The van der Waals surface area contributed by atoms with Crippen LogP contribution in [-0.2, 0) is 14.8 Å². The van der Waals surface area contributed by atoms with E-state index in [9.17, 15) is 13.2 Å². The second-order valence-electron chi connectivity index (χ2n) is 8.03. The summed E-state index contributed by atoms with van der Waals surface area (Å²) in [6.45, 7) is 1.70. The number of allylic oxidation sites excluding steroid dienone is 2. The van der Waals surface area contributed by atoms with Crippen LogP contribution in [0.25, 0.3) is 10.2 Å². The SMILES string of the molecule is CS(=O)(=O)N1CCC(CNC(=O)C2CC=CCC2c2nc3ccccc3s2)CC1. The molecule has 2 heterocycles. The minimum atomic E-state index is -3.11. The molecule has 29 heavy (non-hydrogen) atoms. The summed E-state index contributed by atoms with van der Waals surface area (Å²) < 4.78 is 26.0. The normalized spacial score (nSPS) is 24.0. The Hall–Kier alpha value is -1.77. The molecule has 1 amide bonds. The van der Waals surface area contributed by atoms with Crippen molar-refractivity contribution < 1.29 is 13.2 Å². The number of benzene rings is 1. The molecule has 1 aromatic carbocycles. The summed E-state index contributed by atoms with van der Waals surface area (Å²) in [4.78, 5) is 17.8. The molecule has 6 nitrogen and oxygen atoms in total. The summed E-state index contributed by atoms with van der Waals surface area (Å²) >= 11 is 1.69. The van der Waals surface area contributed by atoms with Crippen molar-refractivity contribution in [2.75, 3.05) is 25.9 Å². The number of nitrogens with one attached hydrogen (secondary N) is 1. The second-order valence-corrected chi connectivity index (χ2v) is 11.1. The highest BCUT2D eigenvalue weighted by molar-refractivity contribution is 7.88. The Labute approximate surface area is 176 Å². The van der Waals surface area contributed by atoms with Crippen molar-refractivity contribution in [2.24, 2.45) is 11.8 Å². The first kappa shape index (κ1) is 20.5. The maximum absolute atomic E-state index is 13.0. The number of thiazole rings is 1. The van der Waals surface area contributed by atoms with Gasteiger partial charge in [0, 0.05) is 25.6 Å². The van der Waals surface area contributed by atoms with Gasteiger partial charge in [-0.15, -0.1) is 11.3 Å². The number of carbonyl (C=O) groups excluding carboxylic acids is 1. The molecule has 2 atom stereocenters. The zero-order valence-electron chi connectivity index (χ0n) is 16.6. The fourth-order valence-electron chi connectivity index (χ4n) is 4.25. The van der Waals surface area contributed by atoms with E-state index < -0.39 is 10.0 Å². The molecular weight excluding hydrogens is 406 g/mol. The molecule has 8 heteroatoms. The van der Waals surface area contributed by atoms with Crippen LogP contribution in [-0.4, -0.2) is 49.5 Å². The van der Waals surface area contributed by atoms with E-state index >= 15 is 0 Å². The molecule has 0 spiro atoms. The maximum atomic E-state index is 13.0. The van der Waals surface area contributed by atoms with Gasteiger partial charge >= 0.3 is 0 Å². The van der Waals surface area contributed by atoms with E-state index in [2.05, 4.69) is 23.5 Å². The molecule has 1 aromatic heterocycles. The Morgan fingerprint density at radius 3 is 2.66 bits per heavy atom. The van der Waals surface area contributed by atoms with Crippen LogP contribution in [0.2, 0.25) is 0 Å². The van der Waals surface area contributed by atoms with Crippen molar-refractivity contribution in [1.82, 2.24) is 14.6 Å². The monoisotopic (exact) mass is 433 g/mol. The number of hydrogen-bond donors (Lipinski definition) is 1. The van der Waals surface area contributed by atoms with Crippen LogP contribution in [0.15, 0.2) is 36.4 Å². The highest BCUT2D eigenvalue weighted by Gasteiger charge is 2.33. The molecule has 156 valence electrons. The fourth-order valence-corrected chi connectivity index (χ4v) is 6.27. The number of rotatable bonds is 5. The van der Waals surface area contributed by atoms with E-state index in [1.807, 2.05) is 18.2 Å². The molecule has 4 rings (SSSR count). The highest BCUT2D eigenvalue weighted by atomic mass is 32.2. The van der Waals surface area contributed by atoms with E-state index in [1.165, 1.54) is 10.6 Å². The lowest BCUT2D eigenvalue weighted by Crippen LogP contribution is -2.42. The summed E-state index contributed by atoms with van der Waals surface area (Å²) in [5.41, 5.74) is 0.999. The first-order valence-corrected chi connectivity index (χ1v) is 12.8. The van der Waals surface area contributed by atoms with E-state index in [0.717, 1.165) is 40.9 Å². The molecule has 1 aliphatic heterocycles. The summed E-state index contributed by atoms with van der Waals surface area (Å²) in [6, 6.07) is 8.11. The van der Waals surface area contributed by atoms with Gasteiger partial charge < -0.3 is 5.32 Å². The Bertz CT molecular complexity index is 974. The Balaban J connectivity index is 1.37. The fraction of sp³-hybridized carbons (Fsp3) is 0.524. The van der Waals surface area contributed by atoms with Gasteiger partial charge in [0.1, 0.15) is 0 Å². The smallest absolute Gasteiger partial charge is 0.224 e. The topological polar surface area (TPSA) is 79.4 Å². The number of para-hydroxylation sites is 1. The van der Waals surface area contributed by atoms with Crippen molar-refractivity contribution in [2.45, 2.75) is 31.6 Å².